The number of nitrogens with zero attached hydrogens (tertiary/aromatic N) is 1. The summed E-state index contributed by atoms with van der Waals surface area (Å²) in [7, 11) is 0. The van der Waals surface area contributed by atoms with E-state index in [1.807, 2.05) is 42.2 Å². The van der Waals surface area contributed by atoms with Crippen LogP contribution in [0.1, 0.15) is 29.7 Å². The molecule has 1 saturated carbocycles. The molecule has 21 heavy (non-hydrogen) atoms. The van der Waals surface area contributed by atoms with Gasteiger partial charge in [0.1, 0.15) is 0 Å². The van der Waals surface area contributed by atoms with Crippen LogP contribution >= 0.6 is 22.9 Å². The molecular weight excluding hydrogens is 302 g/mol. The van der Waals surface area contributed by atoms with Crippen LogP contribution in [0.4, 0.5) is 0 Å². The molecule has 1 fully saturated rings. The molecule has 0 N–H and O–H groups in total. The van der Waals surface area contributed by atoms with E-state index in [4.69, 9.17) is 11.6 Å². The first kappa shape index (κ1) is 14.6. The molecule has 1 amide bonds. The number of halogens is 1. The number of thiophene rings is 1. The molecule has 3 rings (SSSR count). The molecule has 0 bridgehead atoms. The van der Waals surface area contributed by atoms with E-state index in [9.17, 15) is 4.79 Å². The lowest BCUT2D eigenvalue weighted by Crippen LogP contribution is -2.31. The first-order valence-corrected chi connectivity index (χ1v) is 8.52. The molecule has 110 valence electrons. The van der Waals surface area contributed by atoms with Gasteiger partial charge in [-0.1, -0.05) is 35.9 Å². The predicted octanol–water partition coefficient (Wildman–Crippen LogP) is 4.55. The third-order valence-corrected chi connectivity index (χ3v) is 5.24. The van der Waals surface area contributed by atoms with Crippen LogP contribution in [-0.4, -0.2) is 17.4 Å². The maximum Gasteiger partial charge on any atom is 0.226 e. The van der Waals surface area contributed by atoms with Crippen molar-refractivity contribution in [2.45, 2.75) is 25.8 Å². The second-order valence-corrected chi connectivity index (χ2v) is 6.84. The molecule has 1 aliphatic rings. The number of hydrogen-bond acceptors (Lipinski definition) is 2. The van der Waals surface area contributed by atoms with E-state index in [0.29, 0.717) is 5.92 Å². The molecule has 2 nitrogen and oxygen atoms in total. The quantitative estimate of drug-likeness (QED) is 0.791. The van der Waals surface area contributed by atoms with Crippen molar-refractivity contribution in [1.29, 1.82) is 0 Å². The van der Waals surface area contributed by atoms with Gasteiger partial charge in [-0.2, -0.15) is 0 Å². The summed E-state index contributed by atoms with van der Waals surface area (Å²) in [6.45, 7) is 3.51. The standard InChI is InChI=1S/C17H18ClNOS/c1-2-19(11-12-6-5-9-21-12)17(20)15-10-14(15)13-7-3-4-8-16(13)18/h3-9,14-15H,2,10-11H2,1H3. The Hall–Kier alpha value is -1.32. The van der Waals surface area contributed by atoms with E-state index < -0.39 is 0 Å². The minimum atomic E-state index is 0.102. The molecule has 4 heteroatoms. The predicted molar refractivity (Wildman–Crippen MR) is 87.7 cm³/mol. The van der Waals surface area contributed by atoms with Gasteiger partial charge in [0.15, 0.2) is 0 Å². The summed E-state index contributed by atoms with van der Waals surface area (Å²) in [6, 6.07) is 12.0. The molecule has 2 unspecified atom stereocenters. The van der Waals surface area contributed by atoms with Gasteiger partial charge in [0.05, 0.1) is 6.54 Å². The normalized spacial score (nSPS) is 20.3. The van der Waals surface area contributed by atoms with Gasteiger partial charge in [-0.25, -0.2) is 0 Å². The molecule has 2 aromatic rings. The minimum Gasteiger partial charge on any atom is -0.338 e. The van der Waals surface area contributed by atoms with Crippen molar-refractivity contribution in [2.75, 3.05) is 6.54 Å². The van der Waals surface area contributed by atoms with Gasteiger partial charge in [-0.05, 0) is 42.3 Å². The maximum atomic E-state index is 12.6. The van der Waals surface area contributed by atoms with Crippen LogP contribution in [0.25, 0.3) is 0 Å². The Labute approximate surface area is 134 Å². The lowest BCUT2D eigenvalue weighted by Gasteiger charge is -2.20. The van der Waals surface area contributed by atoms with E-state index in [-0.39, 0.29) is 11.8 Å². The highest BCUT2D eigenvalue weighted by molar-refractivity contribution is 7.09. The highest BCUT2D eigenvalue weighted by Crippen LogP contribution is 2.50. The molecule has 0 saturated heterocycles. The van der Waals surface area contributed by atoms with Crippen molar-refractivity contribution in [3.05, 3.63) is 57.2 Å². The zero-order chi connectivity index (χ0) is 14.8. The van der Waals surface area contributed by atoms with Gasteiger partial charge in [-0.3, -0.25) is 4.79 Å². The number of carbonyl (C=O) groups excluding carboxylic acids is 1. The molecule has 1 aliphatic carbocycles. The Bertz CT molecular complexity index is 625. The third kappa shape index (κ3) is 3.14. The topological polar surface area (TPSA) is 20.3 Å². The van der Waals surface area contributed by atoms with Gasteiger partial charge in [0, 0.05) is 22.4 Å². The summed E-state index contributed by atoms with van der Waals surface area (Å²) >= 11 is 7.94. The first-order chi connectivity index (χ1) is 10.2. The molecule has 2 atom stereocenters. The average molecular weight is 320 g/mol. The van der Waals surface area contributed by atoms with Gasteiger partial charge in [-0.15, -0.1) is 11.3 Å². The van der Waals surface area contributed by atoms with E-state index in [1.165, 1.54) is 4.88 Å². The van der Waals surface area contributed by atoms with Crippen molar-refractivity contribution >= 4 is 28.8 Å². The van der Waals surface area contributed by atoms with Crippen LogP contribution in [0.15, 0.2) is 41.8 Å². The first-order valence-electron chi connectivity index (χ1n) is 7.26. The Morgan fingerprint density at radius 2 is 2.14 bits per heavy atom. The zero-order valence-corrected chi connectivity index (χ0v) is 13.5. The molecule has 1 heterocycles. The number of carbonyl (C=O) groups is 1. The summed E-state index contributed by atoms with van der Waals surface area (Å²) in [5.74, 6) is 0.657. The smallest absolute Gasteiger partial charge is 0.226 e. The highest BCUT2D eigenvalue weighted by atomic mass is 35.5. The fraction of sp³-hybridized carbons (Fsp3) is 0.353. The van der Waals surface area contributed by atoms with Gasteiger partial charge < -0.3 is 4.90 Å². The summed E-state index contributed by atoms with van der Waals surface area (Å²) in [5, 5.41) is 2.83. The van der Waals surface area contributed by atoms with Crippen LogP contribution in [0, 0.1) is 5.92 Å². The fourth-order valence-corrected chi connectivity index (χ4v) is 3.75. The van der Waals surface area contributed by atoms with Crippen LogP contribution < -0.4 is 0 Å². The van der Waals surface area contributed by atoms with E-state index in [2.05, 4.69) is 11.4 Å². The molecule has 0 spiro atoms. The number of benzene rings is 1. The Balaban J connectivity index is 1.67. The van der Waals surface area contributed by atoms with E-state index in [0.717, 1.165) is 30.1 Å². The second kappa shape index (κ2) is 6.20. The van der Waals surface area contributed by atoms with Crippen LogP contribution in [0.5, 0.6) is 0 Å². The molecule has 0 aliphatic heterocycles. The van der Waals surface area contributed by atoms with Gasteiger partial charge in [0.2, 0.25) is 5.91 Å². The van der Waals surface area contributed by atoms with Crippen molar-refractivity contribution in [1.82, 2.24) is 4.90 Å². The van der Waals surface area contributed by atoms with E-state index in [1.54, 1.807) is 11.3 Å². The molecule has 1 aromatic carbocycles. The largest absolute Gasteiger partial charge is 0.338 e. The van der Waals surface area contributed by atoms with Crippen molar-refractivity contribution in [2.24, 2.45) is 5.92 Å². The van der Waals surface area contributed by atoms with Gasteiger partial charge in [0.25, 0.3) is 0 Å². The van der Waals surface area contributed by atoms with Crippen LogP contribution in [-0.2, 0) is 11.3 Å². The summed E-state index contributed by atoms with van der Waals surface area (Å²) in [6.07, 6.45) is 0.920. The van der Waals surface area contributed by atoms with Gasteiger partial charge >= 0.3 is 0 Å². The number of rotatable bonds is 5. The SMILES string of the molecule is CCN(Cc1cccs1)C(=O)C1CC1c1ccccc1Cl. The summed E-state index contributed by atoms with van der Waals surface area (Å²) in [4.78, 5) is 15.8. The lowest BCUT2D eigenvalue weighted by atomic mass is 10.1. The Kier molecular flexibility index (Phi) is 4.32. The summed E-state index contributed by atoms with van der Waals surface area (Å²) in [5.41, 5.74) is 1.12. The number of hydrogen-bond donors (Lipinski definition) is 0. The van der Waals surface area contributed by atoms with Crippen LogP contribution in [0.3, 0.4) is 0 Å². The average Bonchev–Trinajstić information content (AvgIpc) is 3.12. The lowest BCUT2D eigenvalue weighted by molar-refractivity contribution is -0.133. The monoisotopic (exact) mass is 319 g/mol. The Morgan fingerprint density at radius 3 is 2.81 bits per heavy atom. The second-order valence-electron chi connectivity index (χ2n) is 5.40. The maximum absolute atomic E-state index is 12.6. The third-order valence-electron chi connectivity index (χ3n) is 4.03. The fourth-order valence-electron chi connectivity index (χ4n) is 2.76. The van der Waals surface area contributed by atoms with Crippen molar-refractivity contribution < 1.29 is 4.79 Å². The minimum absolute atomic E-state index is 0.102. The molecule has 1 aromatic heterocycles. The highest BCUT2D eigenvalue weighted by Gasteiger charge is 2.46. The zero-order valence-electron chi connectivity index (χ0n) is 12.0. The van der Waals surface area contributed by atoms with E-state index >= 15 is 0 Å². The number of amides is 1. The van der Waals surface area contributed by atoms with Crippen molar-refractivity contribution in [3.8, 4) is 0 Å². The summed E-state index contributed by atoms with van der Waals surface area (Å²) < 4.78 is 0. The Morgan fingerprint density at radius 1 is 1.33 bits per heavy atom. The van der Waals surface area contributed by atoms with Crippen LogP contribution in [0.2, 0.25) is 5.02 Å². The molecular formula is C17H18ClNOS. The molecule has 0 radical (unpaired) electrons. The van der Waals surface area contributed by atoms with Crippen molar-refractivity contribution in [3.63, 3.8) is 0 Å².